The molecule has 0 N–H and O–H groups in total. The minimum Gasteiger partial charge on any atom is -0.435 e. The van der Waals surface area contributed by atoms with Crippen molar-refractivity contribution in [2.75, 3.05) is 26.7 Å². The maximum absolute atomic E-state index is 12.2. The highest BCUT2D eigenvalue weighted by molar-refractivity contribution is 5.27. The summed E-state index contributed by atoms with van der Waals surface area (Å²) in [7, 11) is 2.20. The minimum atomic E-state index is -2.77. The van der Waals surface area contributed by atoms with Crippen LogP contribution in [-0.4, -0.2) is 43.1 Å². The smallest absolute Gasteiger partial charge is 0.387 e. The summed E-state index contributed by atoms with van der Waals surface area (Å²) in [6.45, 7) is 2.38. The van der Waals surface area contributed by atoms with E-state index in [4.69, 9.17) is 0 Å². The van der Waals surface area contributed by atoms with E-state index in [1.54, 1.807) is 12.1 Å². The number of rotatable bonds is 8. The Balaban J connectivity index is 1.39. The van der Waals surface area contributed by atoms with Gasteiger partial charge in [0.1, 0.15) is 5.75 Å². The number of benzene rings is 2. The van der Waals surface area contributed by atoms with Gasteiger partial charge in [-0.1, -0.05) is 42.5 Å². The second kappa shape index (κ2) is 9.81. The predicted octanol–water partition coefficient (Wildman–Crippen LogP) is 4.63. The van der Waals surface area contributed by atoms with Gasteiger partial charge in [-0.25, -0.2) is 0 Å². The number of piperidine rings is 1. The molecule has 1 saturated heterocycles. The Bertz CT molecular complexity index is 670. The van der Waals surface area contributed by atoms with Crippen molar-refractivity contribution in [3.63, 3.8) is 0 Å². The number of ether oxygens (including phenoxy) is 1. The number of nitrogens with zero attached hydrogens (tertiary/aromatic N) is 2. The average molecular weight is 374 g/mol. The van der Waals surface area contributed by atoms with Crippen molar-refractivity contribution in [3.05, 3.63) is 65.7 Å². The maximum Gasteiger partial charge on any atom is 0.387 e. The number of hydrogen-bond donors (Lipinski definition) is 0. The molecule has 27 heavy (non-hydrogen) atoms. The summed E-state index contributed by atoms with van der Waals surface area (Å²) in [6, 6.07) is 17.6. The van der Waals surface area contributed by atoms with Crippen LogP contribution in [-0.2, 0) is 13.1 Å². The van der Waals surface area contributed by atoms with Crippen LogP contribution in [0, 0.1) is 5.92 Å². The number of halogens is 2. The van der Waals surface area contributed by atoms with Crippen LogP contribution in [0.3, 0.4) is 0 Å². The zero-order valence-electron chi connectivity index (χ0n) is 15.9. The lowest BCUT2D eigenvalue weighted by atomic mass is 9.95. The first-order valence-corrected chi connectivity index (χ1v) is 9.57. The van der Waals surface area contributed by atoms with E-state index in [-0.39, 0.29) is 5.75 Å². The molecule has 0 aliphatic carbocycles. The van der Waals surface area contributed by atoms with Gasteiger partial charge < -0.3 is 9.64 Å². The molecule has 0 atom stereocenters. The second-order valence-electron chi connectivity index (χ2n) is 7.42. The Labute approximate surface area is 160 Å². The maximum atomic E-state index is 12.2. The Morgan fingerprint density at radius 2 is 1.67 bits per heavy atom. The Morgan fingerprint density at radius 3 is 2.30 bits per heavy atom. The molecule has 0 aromatic heterocycles. The Hall–Kier alpha value is -1.98. The van der Waals surface area contributed by atoms with Crippen molar-refractivity contribution in [2.24, 2.45) is 5.92 Å². The lowest BCUT2D eigenvalue weighted by molar-refractivity contribution is -0.0498. The van der Waals surface area contributed by atoms with E-state index >= 15 is 0 Å². The van der Waals surface area contributed by atoms with Crippen molar-refractivity contribution in [2.45, 2.75) is 32.5 Å². The monoisotopic (exact) mass is 374 g/mol. The normalized spacial score (nSPS) is 16.2. The molecule has 1 aliphatic heterocycles. The van der Waals surface area contributed by atoms with E-state index in [1.807, 2.05) is 12.1 Å². The Kier molecular flexibility index (Phi) is 7.18. The number of alkyl halides is 2. The van der Waals surface area contributed by atoms with Gasteiger partial charge in [0.05, 0.1) is 0 Å². The zero-order valence-corrected chi connectivity index (χ0v) is 15.9. The first kappa shape index (κ1) is 19.8. The summed E-state index contributed by atoms with van der Waals surface area (Å²) in [4.78, 5) is 4.86. The zero-order chi connectivity index (χ0) is 19.1. The van der Waals surface area contributed by atoms with Gasteiger partial charge >= 0.3 is 6.61 Å². The minimum absolute atomic E-state index is 0.217. The SMILES string of the molecule is CN(Cc1ccccc1)CC1CCN(Cc2ccc(OC(F)F)cc2)CC1. The largest absolute Gasteiger partial charge is 0.435 e. The fourth-order valence-electron chi connectivity index (χ4n) is 3.76. The lowest BCUT2D eigenvalue weighted by Gasteiger charge is -2.34. The Morgan fingerprint density at radius 1 is 1.00 bits per heavy atom. The molecular weight excluding hydrogens is 346 g/mol. The van der Waals surface area contributed by atoms with Crippen LogP contribution in [0.15, 0.2) is 54.6 Å². The molecule has 3 rings (SSSR count). The highest BCUT2D eigenvalue weighted by atomic mass is 19.3. The van der Waals surface area contributed by atoms with Crippen LogP contribution >= 0.6 is 0 Å². The molecule has 3 nitrogen and oxygen atoms in total. The fourth-order valence-corrected chi connectivity index (χ4v) is 3.76. The average Bonchev–Trinajstić information content (AvgIpc) is 2.65. The van der Waals surface area contributed by atoms with Crippen LogP contribution in [0.4, 0.5) is 8.78 Å². The first-order chi connectivity index (χ1) is 13.1. The molecule has 1 fully saturated rings. The summed E-state index contributed by atoms with van der Waals surface area (Å²) < 4.78 is 28.8. The summed E-state index contributed by atoms with van der Waals surface area (Å²) in [5.41, 5.74) is 2.49. The number of likely N-dealkylation sites (tertiary alicyclic amines) is 1. The molecule has 0 bridgehead atoms. The third kappa shape index (κ3) is 6.60. The second-order valence-corrected chi connectivity index (χ2v) is 7.42. The van der Waals surface area contributed by atoms with Gasteiger partial charge in [0.2, 0.25) is 0 Å². The molecular formula is C22H28F2N2O. The van der Waals surface area contributed by atoms with Crippen LogP contribution in [0.1, 0.15) is 24.0 Å². The molecule has 2 aromatic carbocycles. The van der Waals surface area contributed by atoms with Gasteiger partial charge in [0, 0.05) is 19.6 Å². The summed E-state index contributed by atoms with van der Waals surface area (Å²) in [5.74, 6) is 0.950. The molecule has 0 saturated carbocycles. The first-order valence-electron chi connectivity index (χ1n) is 9.57. The van der Waals surface area contributed by atoms with Crippen molar-refractivity contribution in [1.29, 1.82) is 0 Å². The third-order valence-electron chi connectivity index (χ3n) is 5.13. The quantitative estimate of drug-likeness (QED) is 0.670. The molecule has 146 valence electrons. The van der Waals surface area contributed by atoms with E-state index in [0.717, 1.165) is 44.2 Å². The lowest BCUT2D eigenvalue weighted by Crippen LogP contribution is -2.37. The molecule has 0 radical (unpaired) electrons. The standard InChI is InChI=1S/C22H28F2N2O/c1-25(15-18-5-3-2-4-6-18)16-20-11-13-26(14-12-20)17-19-7-9-21(10-8-19)27-22(23)24/h2-10,20,22H,11-17H2,1H3. The van der Waals surface area contributed by atoms with Gasteiger partial charge in [-0.15, -0.1) is 0 Å². The van der Waals surface area contributed by atoms with Gasteiger partial charge in [0.25, 0.3) is 0 Å². The summed E-state index contributed by atoms with van der Waals surface area (Å²) in [5, 5.41) is 0. The van der Waals surface area contributed by atoms with E-state index in [9.17, 15) is 8.78 Å². The van der Waals surface area contributed by atoms with Crippen molar-refractivity contribution in [1.82, 2.24) is 9.80 Å². The topological polar surface area (TPSA) is 15.7 Å². The molecule has 0 unspecified atom stereocenters. The number of hydrogen-bond acceptors (Lipinski definition) is 3. The molecule has 1 aliphatic rings. The van der Waals surface area contributed by atoms with Crippen LogP contribution in [0.5, 0.6) is 5.75 Å². The third-order valence-corrected chi connectivity index (χ3v) is 5.13. The highest BCUT2D eigenvalue weighted by Gasteiger charge is 2.20. The molecule has 5 heteroatoms. The molecule has 1 heterocycles. The van der Waals surface area contributed by atoms with Crippen LogP contribution in [0.25, 0.3) is 0 Å². The van der Waals surface area contributed by atoms with Crippen molar-refractivity contribution in [3.8, 4) is 5.75 Å². The molecule has 0 amide bonds. The van der Waals surface area contributed by atoms with E-state index < -0.39 is 6.61 Å². The van der Waals surface area contributed by atoms with Gasteiger partial charge in [-0.3, -0.25) is 4.90 Å². The van der Waals surface area contributed by atoms with Crippen molar-refractivity contribution >= 4 is 0 Å². The summed E-state index contributed by atoms with van der Waals surface area (Å²) in [6.07, 6.45) is 2.40. The van der Waals surface area contributed by atoms with Gasteiger partial charge in [0.15, 0.2) is 0 Å². The molecule has 2 aromatic rings. The van der Waals surface area contributed by atoms with Gasteiger partial charge in [-0.2, -0.15) is 8.78 Å². The van der Waals surface area contributed by atoms with E-state index in [2.05, 4.69) is 51.9 Å². The molecule has 0 spiro atoms. The predicted molar refractivity (Wildman–Crippen MR) is 104 cm³/mol. The van der Waals surface area contributed by atoms with E-state index in [0.29, 0.717) is 0 Å². The fraction of sp³-hybridized carbons (Fsp3) is 0.455. The van der Waals surface area contributed by atoms with Gasteiger partial charge in [-0.05, 0) is 62.2 Å². The van der Waals surface area contributed by atoms with Crippen LogP contribution < -0.4 is 4.74 Å². The van der Waals surface area contributed by atoms with Crippen molar-refractivity contribution < 1.29 is 13.5 Å². The highest BCUT2D eigenvalue weighted by Crippen LogP contribution is 2.22. The van der Waals surface area contributed by atoms with Crippen LogP contribution in [0.2, 0.25) is 0 Å². The van der Waals surface area contributed by atoms with E-state index in [1.165, 1.54) is 18.4 Å². The summed E-state index contributed by atoms with van der Waals surface area (Å²) >= 11 is 0.